The number of nitrogens with zero attached hydrogens (tertiary/aromatic N) is 1. The molecule has 0 aliphatic carbocycles. The number of ether oxygens (including phenoxy) is 1. The highest BCUT2D eigenvalue weighted by atomic mass is 35.5. The summed E-state index contributed by atoms with van der Waals surface area (Å²) in [5.74, 6) is -0.742. The van der Waals surface area contributed by atoms with Crippen LogP contribution in [0.15, 0.2) is 48.0 Å². The number of nitriles is 1. The molecule has 0 fully saturated rings. The van der Waals surface area contributed by atoms with E-state index >= 15 is 0 Å². The Morgan fingerprint density at radius 3 is 2.74 bits per heavy atom. The van der Waals surface area contributed by atoms with E-state index in [0.717, 1.165) is 0 Å². The third-order valence-corrected chi connectivity index (χ3v) is 3.23. The normalized spacial score (nSPS) is 10.9. The number of amides is 1. The molecule has 0 aliphatic heterocycles. The third kappa shape index (κ3) is 4.56. The van der Waals surface area contributed by atoms with Gasteiger partial charge in [0.15, 0.2) is 0 Å². The van der Waals surface area contributed by atoms with Gasteiger partial charge in [-0.1, -0.05) is 29.8 Å². The van der Waals surface area contributed by atoms with Gasteiger partial charge in [0.1, 0.15) is 29.8 Å². The van der Waals surface area contributed by atoms with E-state index in [0.29, 0.717) is 21.9 Å². The third-order valence-electron chi connectivity index (χ3n) is 2.94. The Bertz CT molecular complexity index is 812. The molecule has 0 aliphatic rings. The van der Waals surface area contributed by atoms with Gasteiger partial charge in [-0.25, -0.2) is 4.39 Å². The molecule has 0 bridgehead atoms. The largest absolute Gasteiger partial charge is 0.487 e. The monoisotopic (exact) mass is 330 g/mol. The lowest BCUT2D eigenvalue weighted by atomic mass is 10.1. The van der Waals surface area contributed by atoms with Crippen molar-refractivity contribution in [2.75, 3.05) is 0 Å². The highest BCUT2D eigenvalue weighted by Crippen LogP contribution is 2.27. The number of halogens is 2. The molecule has 1 amide bonds. The molecule has 2 rings (SSSR count). The molecule has 0 saturated heterocycles. The van der Waals surface area contributed by atoms with Crippen LogP contribution in [-0.4, -0.2) is 5.91 Å². The molecule has 23 heavy (non-hydrogen) atoms. The van der Waals surface area contributed by atoms with Crippen LogP contribution in [0.4, 0.5) is 4.39 Å². The zero-order valence-electron chi connectivity index (χ0n) is 11.9. The van der Waals surface area contributed by atoms with Crippen LogP contribution < -0.4 is 10.5 Å². The van der Waals surface area contributed by atoms with Crippen LogP contribution in [0.5, 0.6) is 5.75 Å². The fraction of sp³-hybridized carbons (Fsp3) is 0.0588. The number of hydrogen-bond acceptors (Lipinski definition) is 3. The van der Waals surface area contributed by atoms with Gasteiger partial charge < -0.3 is 10.5 Å². The fourth-order valence-electron chi connectivity index (χ4n) is 1.84. The van der Waals surface area contributed by atoms with Crippen LogP contribution in [0, 0.1) is 17.1 Å². The first-order valence-electron chi connectivity index (χ1n) is 6.58. The summed E-state index contributed by atoms with van der Waals surface area (Å²) in [6, 6.07) is 12.5. The van der Waals surface area contributed by atoms with Crippen molar-refractivity contribution in [3.05, 3.63) is 70.0 Å². The maximum atomic E-state index is 13.1. The first kappa shape index (κ1) is 16.5. The molecule has 2 N–H and O–H groups in total. The lowest BCUT2D eigenvalue weighted by molar-refractivity contribution is -0.114. The van der Waals surface area contributed by atoms with E-state index in [1.54, 1.807) is 36.4 Å². The zero-order chi connectivity index (χ0) is 16.8. The summed E-state index contributed by atoms with van der Waals surface area (Å²) in [5.41, 5.74) is 6.11. The summed E-state index contributed by atoms with van der Waals surface area (Å²) in [6.07, 6.45) is 1.34. The molecule has 116 valence electrons. The van der Waals surface area contributed by atoms with Crippen LogP contribution in [0.25, 0.3) is 6.08 Å². The van der Waals surface area contributed by atoms with Gasteiger partial charge in [-0.05, 0) is 41.5 Å². The van der Waals surface area contributed by atoms with E-state index in [9.17, 15) is 9.18 Å². The number of benzene rings is 2. The zero-order valence-corrected chi connectivity index (χ0v) is 12.7. The van der Waals surface area contributed by atoms with Crippen molar-refractivity contribution < 1.29 is 13.9 Å². The van der Waals surface area contributed by atoms with Crippen molar-refractivity contribution in [3.63, 3.8) is 0 Å². The second-order valence-corrected chi connectivity index (χ2v) is 5.05. The maximum Gasteiger partial charge on any atom is 0.259 e. The van der Waals surface area contributed by atoms with Crippen LogP contribution in [0.2, 0.25) is 5.02 Å². The lowest BCUT2D eigenvalue weighted by Gasteiger charge is -2.09. The summed E-state index contributed by atoms with van der Waals surface area (Å²) < 4.78 is 18.6. The van der Waals surface area contributed by atoms with Crippen molar-refractivity contribution in [2.24, 2.45) is 5.73 Å². The minimum atomic E-state index is -0.810. The van der Waals surface area contributed by atoms with Crippen LogP contribution >= 0.6 is 11.6 Å². The quantitative estimate of drug-likeness (QED) is 0.674. The second kappa shape index (κ2) is 7.43. The first-order valence-corrected chi connectivity index (χ1v) is 6.96. The number of primary amides is 1. The molecule has 0 atom stereocenters. The molecule has 4 nitrogen and oxygen atoms in total. The highest BCUT2D eigenvalue weighted by molar-refractivity contribution is 6.32. The van der Waals surface area contributed by atoms with E-state index in [-0.39, 0.29) is 18.0 Å². The standard InChI is InChI=1S/C17H12ClFN2O2/c18-15-8-11(6-13(9-20)17(21)22)4-5-16(15)23-10-12-2-1-3-14(19)7-12/h1-8H,10H2,(H2,21,22)/b13-6+. The molecular formula is C17H12ClFN2O2. The van der Waals surface area contributed by atoms with E-state index < -0.39 is 5.91 Å². The number of nitrogens with two attached hydrogens (primary N) is 1. The summed E-state index contributed by atoms with van der Waals surface area (Å²) in [5, 5.41) is 9.11. The van der Waals surface area contributed by atoms with Gasteiger partial charge in [0, 0.05) is 0 Å². The predicted molar refractivity (Wildman–Crippen MR) is 85.0 cm³/mol. The number of carbonyl (C=O) groups is 1. The van der Waals surface area contributed by atoms with E-state index in [1.165, 1.54) is 18.2 Å². The SMILES string of the molecule is N#C/C(=C\c1ccc(OCc2cccc(F)c2)c(Cl)c1)C(N)=O. The molecular weight excluding hydrogens is 319 g/mol. The summed E-state index contributed by atoms with van der Waals surface area (Å²) in [7, 11) is 0. The Labute approximate surface area is 137 Å². The van der Waals surface area contributed by atoms with Gasteiger partial charge in [0.25, 0.3) is 5.91 Å². The minimum absolute atomic E-state index is 0.164. The van der Waals surface area contributed by atoms with Gasteiger partial charge in [-0.2, -0.15) is 5.26 Å². The summed E-state index contributed by atoms with van der Waals surface area (Å²) >= 11 is 6.11. The Kier molecular flexibility index (Phi) is 5.34. The molecule has 6 heteroatoms. The van der Waals surface area contributed by atoms with Crippen molar-refractivity contribution >= 4 is 23.6 Å². The molecule has 0 aromatic heterocycles. The van der Waals surface area contributed by atoms with Crippen LogP contribution in [0.1, 0.15) is 11.1 Å². The molecule has 0 radical (unpaired) electrons. The number of rotatable bonds is 5. The topological polar surface area (TPSA) is 76.1 Å². The Hall–Kier alpha value is -2.84. The Balaban J connectivity index is 2.14. The molecule has 0 spiro atoms. The first-order chi connectivity index (χ1) is 11.0. The highest BCUT2D eigenvalue weighted by Gasteiger charge is 2.07. The Morgan fingerprint density at radius 1 is 1.35 bits per heavy atom. The molecule has 2 aromatic carbocycles. The average Bonchev–Trinajstić information content (AvgIpc) is 2.51. The van der Waals surface area contributed by atoms with Crippen molar-refractivity contribution in [3.8, 4) is 11.8 Å². The number of hydrogen-bond donors (Lipinski definition) is 1. The lowest BCUT2D eigenvalue weighted by Crippen LogP contribution is -2.12. The molecule has 0 saturated carbocycles. The van der Waals surface area contributed by atoms with Gasteiger partial charge in [0.05, 0.1) is 5.02 Å². The van der Waals surface area contributed by atoms with Gasteiger partial charge in [0.2, 0.25) is 0 Å². The molecule has 0 unspecified atom stereocenters. The van der Waals surface area contributed by atoms with Gasteiger partial charge in [-0.3, -0.25) is 4.79 Å². The van der Waals surface area contributed by atoms with Crippen molar-refractivity contribution in [1.29, 1.82) is 5.26 Å². The maximum absolute atomic E-state index is 13.1. The smallest absolute Gasteiger partial charge is 0.259 e. The molecule has 0 heterocycles. The fourth-order valence-corrected chi connectivity index (χ4v) is 2.08. The van der Waals surface area contributed by atoms with Crippen LogP contribution in [-0.2, 0) is 11.4 Å². The summed E-state index contributed by atoms with van der Waals surface area (Å²) in [4.78, 5) is 11.0. The van der Waals surface area contributed by atoms with E-state index in [2.05, 4.69) is 0 Å². The van der Waals surface area contributed by atoms with Crippen molar-refractivity contribution in [1.82, 2.24) is 0 Å². The minimum Gasteiger partial charge on any atom is -0.487 e. The molecule has 2 aromatic rings. The summed E-state index contributed by atoms with van der Waals surface area (Å²) in [6.45, 7) is 0.164. The Morgan fingerprint density at radius 2 is 2.13 bits per heavy atom. The average molecular weight is 331 g/mol. The predicted octanol–water partition coefficient (Wildman–Crippen LogP) is 3.45. The van der Waals surface area contributed by atoms with Crippen LogP contribution in [0.3, 0.4) is 0 Å². The van der Waals surface area contributed by atoms with Crippen molar-refractivity contribution in [2.45, 2.75) is 6.61 Å². The number of carbonyl (C=O) groups excluding carboxylic acids is 1. The van der Waals surface area contributed by atoms with Gasteiger partial charge in [-0.15, -0.1) is 0 Å². The van der Waals surface area contributed by atoms with E-state index in [1.807, 2.05) is 0 Å². The second-order valence-electron chi connectivity index (χ2n) is 4.64. The van der Waals surface area contributed by atoms with Gasteiger partial charge >= 0.3 is 0 Å². The van der Waals surface area contributed by atoms with E-state index in [4.69, 9.17) is 27.3 Å².